The normalized spacial score (nSPS) is 13.2. The van der Waals surface area contributed by atoms with Crippen molar-refractivity contribution in [3.05, 3.63) is 41.0 Å². The van der Waals surface area contributed by atoms with E-state index < -0.39 is 0 Å². The number of aromatic nitrogens is 2. The number of anilines is 1. The fourth-order valence-electron chi connectivity index (χ4n) is 3.38. The molecule has 0 bridgehead atoms. The van der Waals surface area contributed by atoms with Gasteiger partial charge in [-0.1, -0.05) is 19.9 Å². The zero-order valence-corrected chi connectivity index (χ0v) is 17.0. The molecule has 1 aromatic heterocycles. The number of aryl methyl sites for hydroxylation is 1. The van der Waals surface area contributed by atoms with Crippen molar-refractivity contribution in [2.75, 3.05) is 19.0 Å². The quantitative estimate of drug-likeness (QED) is 0.801. The third kappa shape index (κ3) is 4.18. The zero-order valence-electron chi connectivity index (χ0n) is 17.0. The molecule has 1 aliphatic heterocycles. The molecule has 0 saturated heterocycles. The van der Waals surface area contributed by atoms with Crippen LogP contribution in [-0.2, 0) is 13.0 Å². The maximum absolute atomic E-state index is 13.0. The molecular formula is C21H28N4O3. The Morgan fingerprint density at radius 3 is 2.75 bits per heavy atom. The van der Waals surface area contributed by atoms with Crippen LogP contribution in [0.25, 0.3) is 0 Å². The number of carbonyl (C=O) groups is 2. The van der Waals surface area contributed by atoms with Gasteiger partial charge in [0.15, 0.2) is 11.5 Å². The number of fused-ring (bicyclic) bond motifs is 1. The van der Waals surface area contributed by atoms with Gasteiger partial charge in [0.25, 0.3) is 11.8 Å². The van der Waals surface area contributed by atoms with E-state index in [0.29, 0.717) is 42.0 Å². The van der Waals surface area contributed by atoms with Gasteiger partial charge in [0, 0.05) is 13.1 Å². The summed E-state index contributed by atoms with van der Waals surface area (Å²) in [5, 5.41) is 5.80. The van der Waals surface area contributed by atoms with Gasteiger partial charge < -0.3 is 19.9 Å². The Bertz CT molecular complexity index is 886. The van der Waals surface area contributed by atoms with E-state index in [2.05, 4.69) is 15.6 Å². The second-order valence-corrected chi connectivity index (χ2v) is 7.60. The molecule has 2 aromatic rings. The van der Waals surface area contributed by atoms with Crippen LogP contribution in [0.3, 0.4) is 0 Å². The van der Waals surface area contributed by atoms with E-state index in [1.165, 1.54) is 0 Å². The highest BCUT2D eigenvalue weighted by atomic mass is 16.5. The van der Waals surface area contributed by atoms with Crippen molar-refractivity contribution in [1.29, 1.82) is 0 Å². The summed E-state index contributed by atoms with van der Waals surface area (Å²) in [7, 11) is 1.57. The van der Waals surface area contributed by atoms with Crippen LogP contribution in [0.5, 0.6) is 5.75 Å². The molecule has 0 aliphatic carbocycles. The van der Waals surface area contributed by atoms with Crippen LogP contribution in [0.4, 0.5) is 5.69 Å². The van der Waals surface area contributed by atoms with Gasteiger partial charge in [-0.3, -0.25) is 9.59 Å². The molecule has 0 fully saturated rings. The second kappa shape index (κ2) is 8.46. The summed E-state index contributed by atoms with van der Waals surface area (Å²) in [4.78, 5) is 30.0. The lowest BCUT2D eigenvalue weighted by Gasteiger charge is -2.17. The lowest BCUT2D eigenvalue weighted by atomic mass is 10.1. The second-order valence-electron chi connectivity index (χ2n) is 7.60. The van der Waals surface area contributed by atoms with E-state index in [-0.39, 0.29) is 11.8 Å². The minimum atomic E-state index is -0.322. The van der Waals surface area contributed by atoms with Gasteiger partial charge >= 0.3 is 0 Å². The molecule has 28 heavy (non-hydrogen) atoms. The summed E-state index contributed by atoms with van der Waals surface area (Å²) < 4.78 is 7.23. The third-order valence-corrected chi connectivity index (χ3v) is 4.81. The van der Waals surface area contributed by atoms with Crippen LogP contribution in [0, 0.1) is 12.8 Å². The monoisotopic (exact) mass is 384 g/mol. The SMILES string of the molecule is COc1ccc(C)cc1NC(=O)c1nc(C(=O)NCC(C)C)n2c1CCCC2. The van der Waals surface area contributed by atoms with Gasteiger partial charge in [-0.15, -0.1) is 0 Å². The Kier molecular flexibility index (Phi) is 6.02. The van der Waals surface area contributed by atoms with Crippen LogP contribution in [-0.4, -0.2) is 35.0 Å². The molecule has 2 amide bonds. The number of methoxy groups -OCH3 is 1. The van der Waals surface area contributed by atoms with Crippen molar-refractivity contribution >= 4 is 17.5 Å². The van der Waals surface area contributed by atoms with E-state index in [1.54, 1.807) is 7.11 Å². The van der Waals surface area contributed by atoms with Gasteiger partial charge in [0.1, 0.15) is 5.75 Å². The molecule has 0 atom stereocenters. The topological polar surface area (TPSA) is 85.2 Å². The number of nitrogens with zero attached hydrogens (tertiary/aromatic N) is 2. The van der Waals surface area contributed by atoms with Crippen molar-refractivity contribution < 1.29 is 14.3 Å². The standard InChI is InChI=1S/C21H28N4O3/c1-13(2)12-22-21(27)19-24-18(16-7-5-6-10-25(16)19)20(26)23-15-11-14(3)8-9-17(15)28-4/h8-9,11,13H,5-7,10,12H2,1-4H3,(H,22,27)(H,23,26). The first-order valence-electron chi connectivity index (χ1n) is 9.74. The molecule has 2 heterocycles. The molecule has 2 N–H and O–H groups in total. The molecular weight excluding hydrogens is 356 g/mol. The molecule has 3 rings (SSSR count). The smallest absolute Gasteiger partial charge is 0.287 e. The Balaban J connectivity index is 1.90. The van der Waals surface area contributed by atoms with E-state index in [1.807, 2.05) is 43.5 Å². The average Bonchev–Trinajstić information content (AvgIpc) is 3.06. The fraction of sp³-hybridized carbons (Fsp3) is 0.476. The van der Waals surface area contributed by atoms with E-state index >= 15 is 0 Å². The number of ether oxygens (including phenoxy) is 1. The van der Waals surface area contributed by atoms with Crippen molar-refractivity contribution in [1.82, 2.24) is 14.9 Å². The number of benzene rings is 1. The van der Waals surface area contributed by atoms with Gasteiger partial charge in [0.2, 0.25) is 0 Å². The van der Waals surface area contributed by atoms with E-state index in [4.69, 9.17) is 4.74 Å². The molecule has 150 valence electrons. The van der Waals surface area contributed by atoms with Gasteiger partial charge in [-0.2, -0.15) is 0 Å². The molecule has 1 aliphatic rings. The van der Waals surface area contributed by atoms with Crippen LogP contribution in [0.15, 0.2) is 18.2 Å². The highest BCUT2D eigenvalue weighted by molar-refractivity contribution is 6.05. The first-order valence-corrected chi connectivity index (χ1v) is 9.74. The lowest BCUT2D eigenvalue weighted by Crippen LogP contribution is -2.30. The van der Waals surface area contributed by atoms with E-state index in [9.17, 15) is 9.59 Å². The number of imidazole rings is 1. The molecule has 0 radical (unpaired) electrons. The summed E-state index contributed by atoms with van der Waals surface area (Å²) in [6.45, 7) is 7.30. The third-order valence-electron chi connectivity index (χ3n) is 4.81. The number of hydrogen-bond acceptors (Lipinski definition) is 4. The molecule has 0 unspecified atom stereocenters. The Morgan fingerprint density at radius 2 is 2.04 bits per heavy atom. The van der Waals surface area contributed by atoms with Crippen molar-refractivity contribution in [3.63, 3.8) is 0 Å². The molecule has 1 aromatic carbocycles. The predicted octanol–water partition coefficient (Wildman–Crippen LogP) is 3.17. The van der Waals surface area contributed by atoms with Crippen molar-refractivity contribution in [2.45, 2.75) is 46.6 Å². The number of hydrogen-bond donors (Lipinski definition) is 2. The van der Waals surface area contributed by atoms with Crippen molar-refractivity contribution in [2.24, 2.45) is 5.92 Å². The number of nitrogens with one attached hydrogen (secondary N) is 2. The van der Waals surface area contributed by atoms with Crippen LogP contribution in [0.1, 0.15) is 59.1 Å². The molecule has 0 saturated carbocycles. The average molecular weight is 384 g/mol. The van der Waals surface area contributed by atoms with Gasteiger partial charge in [-0.25, -0.2) is 4.98 Å². The van der Waals surface area contributed by atoms with Gasteiger partial charge in [0.05, 0.1) is 18.5 Å². The van der Waals surface area contributed by atoms with Crippen LogP contribution < -0.4 is 15.4 Å². The molecule has 7 nitrogen and oxygen atoms in total. The van der Waals surface area contributed by atoms with Crippen molar-refractivity contribution in [3.8, 4) is 5.75 Å². The largest absolute Gasteiger partial charge is 0.495 e. The fourth-order valence-corrected chi connectivity index (χ4v) is 3.38. The Morgan fingerprint density at radius 1 is 1.25 bits per heavy atom. The first kappa shape index (κ1) is 19.9. The van der Waals surface area contributed by atoms with Crippen LogP contribution >= 0.6 is 0 Å². The summed E-state index contributed by atoms with van der Waals surface area (Å²) >= 11 is 0. The van der Waals surface area contributed by atoms with Crippen LogP contribution in [0.2, 0.25) is 0 Å². The number of rotatable bonds is 6. The highest BCUT2D eigenvalue weighted by Crippen LogP contribution is 2.27. The minimum absolute atomic E-state index is 0.232. The maximum atomic E-state index is 13.0. The summed E-state index contributed by atoms with van der Waals surface area (Å²) in [5.74, 6) is 0.691. The maximum Gasteiger partial charge on any atom is 0.287 e. The zero-order chi connectivity index (χ0) is 20.3. The Labute approximate surface area is 165 Å². The summed E-state index contributed by atoms with van der Waals surface area (Å²) in [6, 6.07) is 5.60. The van der Waals surface area contributed by atoms with Gasteiger partial charge in [-0.05, 0) is 49.8 Å². The lowest BCUT2D eigenvalue weighted by molar-refractivity contribution is 0.0933. The molecule has 7 heteroatoms. The summed E-state index contributed by atoms with van der Waals surface area (Å²) in [6.07, 6.45) is 2.69. The predicted molar refractivity (Wildman–Crippen MR) is 108 cm³/mol. The number of amides is 2. The van der Waals surface area contributed by atoms with E-state index in [0.717, 1.165) is 30.5 Å². The highest BCUT2D eigenvalue weighted by Gasteiger charge is 2.27. The molecule has 0 spiro atoms. The minimum Gasteiger partial charge on any atom is -0.495 e. The summed E-state index contributed by atoms with van der Waals surface area (Å²) in [5.41, 5.74) is 2.75. The number of carbonyl (C=O) groups excluding carboxylic acids is 2. The first-order chi connectivity index (χ1) is 13.4. The Hall–Kier alpha value is -2.83.